The van der Waals surface area contributed by atoms with Crippen LogP contribution in [0.1, 0.15) is 36.1 Å². The van der Waals surface area contributed by atoms with Gasteiger partial charge in [-0.15, -0.1) is 0 Å². The first-order valence-corrected chi connectivity index (χ1v) is 13.5. The van der Waals surface area contributed by atoms with Crippen molar-refractivity contribution in [1.82, 2.24) is 0 Å². The SMILES string of the molecule is CC.Cc1cc(C)c(N(C)c2ccc(-c3ccccc3)cc2)cc1C.Cc1ccc(-c2ccccc2)cc1. The lowest BCUT2D eigenvalue weighted by molar-refractivity contribution is 1.16. The summed E-state index contributed by atoms with van der Waals surface area (Å²) in [5.41, 5.74) is 12.8. The lowest BCUT2D eigenvalue weighted by Gasteiger charge is -2.23. The van der Waals surface area contributed by atoms with Gasteiger partial charge >= 0.3 is 0 Å². The zero-order valence-electron chi connectivity index (χ0n) is 24.0. The second kappa shape index (κ2) is 14.0. The third kappa shape index (κ3) is 7.46. The fourth-order valence-corrected chi connectivity index (χ4v) is 4.33. The van der Waals surface area contributed by atoms with Crippen molar-refractivity contribution in [2.24, 2.45) is 0 Å². The van der Waals surface area contributed by atoms with Crippen molar-refractivity contribution in [2.45, 2.75) is 41.5 Å². The number of anilines is 2. The van der Waals surface area contributed by atoms with E-state index < -0.39 is 0 Å². The number of aryl methyl sites for hydroxylation is 4. The molecule has 1 nitrogen and oxygen atoms in total. The van der Waals surface area contributed by atoms with Crippen LogP contribution in [-0.2, 0) is 0 Å². The maximum atomic E-state index is 2.27. The molecule has 1 heteroatoms. The summed E-state index contributed by atoms with van der Waals surface area (Å²) in [7, 11) is 2.13. The van der Waals surface area contributed by atoms with Crippen LogP contribution < -0.4 is 4.90 Å². The van der Waals surface area contributed by atoms with Crippen molar-refractivity contribution < 1.29 is 0 Å². The molecule has 5 rings (SSSR count). The minimum atomic E-state index is 1.20. The lowest BCUT2D eigenvalue weighted by atomic mass is 10.0. The van der Waals surface area contributed by atoms with Gasteiger partial charge in [0.2, 0.25) is 0 Å². The van der Waals surface area contributed by atoms with Crippen molar-refractivity contribution >= 4 is 11.4 Å². The third-order valence-electron chi connectivity index (χ3n) is 6.69. The molecule has 0 spiro atoms. The maximum Gasteiger partial charge on any atom is 0.0440 e. The van der Waals surface area contributed by atoms with E-state index >= 15 is 0 Å². The molecule has 0 saturated carbocycles. The van der Waals surface area contributed by atoms with Gasteiger partial charge in [0.1, 0.15) is 0 Å². The van der Waals surface area contributed by atoms with Gasteiger partial charge in [-0.05, 0) is 84.8 Å². The van der Waals surface area contributed by atoms with E-state index in [1.807, 2.05) is 26.0 Å². The van der Waals surface area contributed by atoms with Crippen LogP contribution in [0.5, 0.6) is 0 Å². The van der Waals surface area contributed by atoms with E-state index in [2.05, 4.69) is 149 Å². The predicted molar refractivity (Wildman–Crippen MR) is 169 cm³/mol. The molecule has 0 bridgehead atoms. The molecule has 5 aromatic rings. The van der Waals surface area contributed by atoms with E-state index in [1.165, 1.54) is 55.9 Å². The smallest absolute Gasteiger partial charge is 0.0440 e. The maximum absolute atomic E-state index is 2.27. The Labute approximate surface area is 230 Å². The fourth-order valence-electron chi connectivity index (χ4n) is 4.33. The monoisotopic (exact) mass is 499 g/mol. The van der Waals surface area contributed by atoms with Crippen LogP contribution in [0.2, 0.25) is 0 Å². The first-order valence-electron chi connectivity index (χ1n) is 13.5. The van der Waals surface area contributed by atoms with Gasteiger partial charge in [-0.25, -0.2) is 0 Å². The van der Waals surface area contributed by atoms with Crippen LogP contribution >= 0.6 is 0 Å². The number of benzene rings is 5. The Bertz CT molecular complexity index is 1380. The Morgan fingerprint density at radius 3 is 1.29 bits per heavy atom. The van der Waals surface area contributed by atoms with E-state index in [9.17, 15) is 0 Å². The molecule has 0 amide bonds. The summed E-state index contributed by atoms with van der Waals surface area (Å²) in [6.07, 6.45) is 0. The van der Waals surface area contributed by atoms with E-state index in [4.69, 9.17) is 0 Å². The van der Waals surface area contributed by atoms with Crippen LogP contribution in [0.4, 0.5) is 11.4 Å². The van der Waals surface area contributed by atoms with Crippen LogP contribution in [0.3, 0.4) is 0 Å². The first-order chi connectivity index (χ1) is 18.4. The molecule has 194 valence electrons. The summed E-state index contributed by atoms with van der Waals surface area (Å²) in [6, 6.07) is 42.8. The van der Waals surface area contributed by atoms with Crippen molar-refractivity contribution in [3.63, 3.8) is 0 Å². The summed E-state index contributed by atoms with van der Waals surface area (Å²) < 4.78 is 0. The van der Waals surface area contributed by atoms with E-state index in [0.717, 1.165) is 0 Å². The number of nitrogens with zero attached hydrogens (tertiary/aromatic N) is 1. The molecule has 38 heavy (non-hydrogen) atoms. The van der Waals surface area contributed by atoms with Crippen LogP contribution in [0.25, 0.3) is 22.3 Å². The van der Waals surface area contributed by atoms with E-state index in [-0.39, 0.29) is 0 Å². The molecule has 0 aliphatic heterocycles. The molecule has 5 aromatic carbocycles. The third-order valence-corrected chi connectivity index (χ3v) is 6.69. The minimum Gasteiger partial charge on any atom is -0.344 e. The summed E-state index contributed by atoms with van der Waals surface area (Å²) in [4.78, 5) is 2.26. The van der Waals surface area contributed by atoms with Gasteiger partial charge in [-0.2, -0.15) is 0 Å². The highest BCUT2D eigenvalue weighted by Gasteiger charge is 2.09. The molecular formula is C37H41N. The standard InChI is InChI=1S/C22H23N.C13H12.C2H6/c1-16-14-18(3)22(15-17(16)2)23(4)21-12-10-20(11-13-21)19-8-6-5-7-9-19;1-11-7-9-13(10-8-11)12-5-3-2-4-6-12;1-2/h5-15H,1-4H3;2-10H,1H3;1-2H3. The quantitative estimate of drug-likeness (QED) is 0.238. The van der Waals surface area contributed by atoms with Crippen molar-refractivity contribution in [3.8, 4) is 22.3 Å². The summed E-state index contributed by atoms with van der Waals surface area (Å²) in [5.74, 6) is 0. The molecule has 0 unspecified atom stereocenters. The second-order valence-electron chi connectivity index (χ2n) is 9.43. The Balaban J connectivity index is 0.000000225. The molecule has 0 saturated heterocycles. The van der Waals surface area contributed by atoms with Gasteiger partial charge in [0, 0.05) is 18.4 Å². The summed E-state index contributed by atoms with van der Waals surface area (Å²) in [6.45, 7) is 12.6. The van der Waals surface area contributed by atoms with Crippen molar-refractivity contribution in [2.75, 3.05) is 11.9 Å². The van der Waals surface area contributed by atoms with E-state index in [0.29, 0.717) is 0 Å². The molecule has 0 heterocycles. The molecule has 0 aliphatic carbocycles. The Kier molecular flexibility index (Phi) is 10.5. The molecular weight excluding hydrogens is 458 g/mol. The van der Waals surface area contributed by atoms with Gasteiger partial charge in [-0.1, -0.05) is 123 Å². The van der Waals surface area contributed by atoms with Gasteiger partial charge in [-0.3, -0.25) is 0 Å². The average Bonchev–Trinajstić information content (AvgIpc) is 2.97. The van der Waals surface area contributed by atoms with E-state index in [1.54, 1.807) is 0 Å². The molecule has 0 N–H and O–H groups in total. The highest BCUT2D eigenvalue weighted by Crippen LogP contribution is 2.30. The molecule has 0 atom stereocenters. The van der Waals surface area contributed by atoms with Gasteiger partial charge in [0.15, 0.2) is 0 Å². The topological polar surface area (TPSA) is 3.24 Å². The van der Waals surface area contributed by atoms with Crippen LogP contribution in [0, 0.1) is 27.7 Å². The van der Waals surface area contributed by atoms with Crippen LogP contribution in [0.15, 0.2) is 121 Å². The number of hydrogen-bond acceptors (Lipinski definition) is 1. The highest BCUT2D eigenvalue weighted by atomic mass is 15.1. The molecule has 0 fully saturated rings. The second-order valence-corrected chi connectivity index (χ2v) is 9.43. The highest BCUT2D eigenvalue weighted by molar-refractivity contribution is 5.71. The molecule has 0 radical (unpaired) electrons. The lowest BCUT2D eigenvalue weighted by Crippen LogP contribution is -2.11. The van der Waals surface area contributed by atoms with Gasteiger partial charge in [0.05, 0.1) is 0 Å². The number of rotatable bonds is 4. The Morgan fingerprint density at radius 1 is 0.421 bits per heavy atom. The van der Waals surface area contributed by atoms with Gasteiger partial charge < -0.3 is 4.90 Å². The van der Waals surface area contributed by atoms with Gasteiger partial charge in [0.25, 0.3) is 0 Å². The molecule has 0 aliphatic rings. The Morgan fingerprint density at radius 2 is 0.816 bits per heavy atom. The first kappa shape index (κ1) is 28.5. The number of hydrogen-bond donors (Lipinski definition) is 0. The zero-order chi connectivity index (χ0) is 27.5. The summed E-state index contributed by atoms with van der Waals surface area (Å²) >= 11 is 0. The predicted octanol–water partition coefficient (Wildman–Crippen LogP) is 10.7. The minimum absolute atomic E-state index is 1.20. The van der Waals surface area contributed by atoms with Crippen molar-refractivity contribution in [3.05, 3.63) is 144 Å². The zero-order valence-corrected chi connectivity index (χ0v) is 24.0. The Hall–Kier alpha value is -4.10. The normalized spacial score (nSPS) is 9.97. The van der Waals surface area contributed by atoms with Crippen molar-refractivity contribution in [1.29, 1.82) is 0 Å². The fraction of sp³-hybridized carbons (Fsp3) is 0.189. The van der Waals surface area contributed by atoms with Crippen LogP contribution in [-0.4, -0.2) is 7.05 Å². The average molecular weight is 500 g/mol. The molecule has 0 aromatic heterocycles. The summed E-state index contributed by atoms with van der Waals surface area (Å²) in [5, 5.41) is 0. The largest absolute Gasteiger partial charge is 0.344 e.